The van der Waals surface area contributed by atoms with Crippen LogP contribution in [0.1, 0.15) is 39.5 Å². The van der Waals surface area contributed by atoms with Gasteiger partial charge in [-0.2, -0.15) is 0 Å². The standard InChI is InChI=1S/C16H26BrNO4S/c1-5-7-8-12(6-2)11-18-23(19,20)16-10-15(22-4)14(21-3)9-13(16)17/h9-10,12,18H,5-8,11H2,1-4H3. The summed E-state index contributed by atoms with van der Waals surface area (Å²) in [6.45, 7) is 4.66. The molecule has 1 N–H and O–H groups in total. The first-order valence-corrected chi connectivity index (χ1v) is 10.1. The van der Waals surface area contributed by atoms with Gasteiger partial charge in [0.25, 0.3) is 0 Å². The van der Waals surface area contributed by atoms with Gasteiger partial charge in [0, 0.05) is 17.1 Å². The molecule has 0 amide bonds. The summed E-state index contributed by atoms with van der Waals surface area (Å²) in [5.41, 5.74) is 0. The van der Waals surface area contributed by atoms with Gasteiger partial charge in [-0.15, -0.1) is 0 Å². The van der Waals surface area contributed by atoms with Crippen molar-refractivity contribution in [3.8, 4) is 11.5 Å². The van der Waals surface area contributed by atoms with E-state index in [2.05, 4.69) is 34.5 Å². The van der Waals surface area contributed by atoms with Gasteiger partial charge in [-0.1, -0.05) is 33.1 Å². The Labute approximate surface area is 147 Å². The molecule has 0 saturated carbocycles. The summed E-state index contributed by atoms with van der Waals surface area (Å²) in [5, 5.41) is 0. The van der Waals surface area contributed by atoms with Crippen molar-refractivity contribution >= 4 is 26.0 Å². The predicted octanol–water partition coefficient (Wildman–Crippen LogP) is 3.96. The van der Waals surface area contributed by atoms with Gasteiger partial charge in [0.2, 0.25) is 10.0 Å². The number of rotatable bonds is 10. The average Bonchev–Trinajstić information content (AvgIpc) is 2.54. The lowest BCUT2D eigenvalue weighted by Crippen LogP contribution is -2.29. The summed E-state index contributed by atoms with van der Waals surface area (Å²) in [4.78, 5) is 0.153. The van der Waals surface area contributed by atoms with Crippen molar-refractivity contribution in [2.24, 2.45) is 5.92 Å². The van der Waals surface area contributed by atoms with Crippen LogP contribution in [-0.4, -0.2) is 29.2 Å². The number of sulfonamides is 1. The highest BCUT2D eigenvalue weighted by Gasteiger charge is 2.22. The largest absolute Gasteiger partial charge is 0.493 e. The van der Waals surface area contributed by atoms with Gasteiger partial charge in [-0.3, -0.25) is 0 Å². The van der Waals surface area contributed by atoms with Crippen molar-refractivity contribution in [2.75, 3.05) is 20.8 Å². The van der Waals surface area contributed by atoms with Crippen molar-refractivity contribution in [1.82, 2.24) is 4.72 Å². The molecule has 1 rings (SSSR count). The van der Waals surface area contributed by atoms with Gasteiger partial charge in [-0.25, -0.2) is 13.1 Å². The van der Waals surface area contributed by atoms with Crippen molar-refractivity contribution in [3.05, 3.63) is 16.6 Å². The van der Waals surface area contributed by atoms with E-state index in [4.69, 9.17) is 9.47 Å². The van der Waals surface area contributed by atoms with Gasteiger partial charge in [-0.05, 0) is 34.3 Å². The summed E-state index contributed by atoms with van der Waals surface area (Å²) >= 11 is 3.30. The monoisotopic (exact) mass is 407 g/mol. The molecule has 0 radical (unpaired) electrons. The average molecular weight is 408 g/mol. The fourth-order valence-corrected chi connectivity index (χ4v) is 4.44. The topological polar surface area (TPSA) is 64.6 Å². The normalized spacial score (nSPS) is 12.9. The van der Waals surface area contributed by atoms with E-state index >= 15 is 0 Å². The fourth-order valence-electron chi connectivity index (χ4n) is 2.29. The lowest BCUT2D eigenvalue weighted by molar-refractivity contribution is 0.353. The second kappa shape index (κ2) is 9.49. The summed E-state index contributed by atoms with van der Waals surface area (Å²) in [6, 6.07) is 3.07. The summed E-state index contributed by atoms with van der Waals surface area (Å²) in [6.07, 6.45) is 4.21. The molecular formula is C16H26BrNO4S. The van der Waals surface area contributed by atoms with Crippen LogP contribution in [0.4, 0.5) is 0 Å². The van der Waals surface area contributed by atoms with Crippen molar-refractivity contribution in [1.29, 1.82) is 0 Å². The number of nitrogens with one attached hydrogen (secondary N) is 1. The minimum absolute atomic E-state index is 0.153. The lowest BCUT2D eigenvalue weighted by atomic mass is 10.00. The van der Waals surface area contributed by atoms with Crippen LogP contribution in [-0.2, 0) is 10.0 Å². The van der Waals surface area contributed by atoms with E-state index in [1.165, 1.54) is 20.3 Å². The van der Waals surface area contributed by atoms with E-state index < -0.39 is 10.0 Å². The minimum Gasteiger partial charge on any atom is -0.493 e. The van der Waals surface area contributed by atoms with Gasteiger partial charge < -0.3 is 9.47 Å². The van der Waals surface area contributed by atoms with Crippen LogP contribution in [0.2, 0.25) is 0 Å². The Morgan fingerprint density at radius 1 is 1.17 bits per heavy atom. The molecular weight excluding hydrogens is 382 g/mol. The molecule has 0 aliphatic carbocycles. The molecule has 23 heavy (non-hydrogen) atoms. The fraction of sp³-hybridized carbons (Fsp3) is 0.625. The van der Waals surface area contributed by atoms with Crippen molar-refractivity contribution in [3.63, 3.8) is 0 Å². The van der Waals surface area contributed by atoms with E-state index in [1.807, 2.05) is 0 Å². The zero-order valence-corrected chi connectivity index (χ0v) is 16.6. The van der Waals surface area contributed by atoms with E-state index in [0.717, 1.165) is 25.7 Å². The van der Waals surface area contributed by atoms with Crippen LogP contribution in [0.25, 0.3) is 0 Å². The van der Waals surface area contributed by atoms with E-state index in [-0.39, 0.29) is 4.90 Å². The molecule has 0 heterocycles. The second-order valence-electron chi connectivity index (χ2n) is 5.41. The molecule has 0 bridgehead atoms. The molecule has 0 aliphatic heterocycles. The second-order valence-corrected chi connectivity index (χ2v) is 8.00. The number of hydrogen-bond donors (Lipinski definition) is 1. The molecule has 1 atom stereocenters. The third kappa shape index (κ3) is 5.65. The molecule has 1 unspecified atom stereocenters. The number of halogens is 1. The van der Waals surface area contributed by atoms with Crippen molar-refractivity contribution in [2.45, 2.75) is 44.4 Å². The highest BCUT2D eigenvalue weighted by atomic mass is 79.9. The number of methoxy groups -OCH3 is 2. The highest BCUT2D eigenvalue weighted by molar-refractivity contribution is 9.10. The highest BCUT2D eigenvalue weighted by Crippen LogP contribution is 2.35. The zero-order valence-electron chi connectivity index (χ0n) is 14.2. The van der Waals surface area contributed by atoms with E-state index in [9.17, 15) is 8.42 Å². The van der Waals surface area contributed by atoms with Crippen molar-refractivity contribution < 1.29 is 17.9 Å². The first-order chi connectivity index (χ1) is 10.9. The summed E-state index contributed by atoms with van der Waals surface area (Å²) in [7, 11) is -0.621. The minimum atomic E-state index is -3.61. The van der Waals surface area contributed by atoms with Crippen LogP contribution >= 0.6 is 15.9 Å². The molecule has 7 heteroatoms. The van der Waals surface area contributed by atoms with E-state index in [0.29, 0.717) is 28.4 Å². The third-order valence-electron chi connectivity index (χ3n) is 3.83. The summed E-state index contributed by atoms with van der Waals surface area (Å²) in [5.74, 6) is 1.21. The Bertz CT molecular complexity index is 604. The molecule has 132 valence electrons. The Morgan fingerprint density at radius 2 is 1.78 bits per heavy atom. The molecule has 0 fully saturated rings. The Morgan fingerprint density at radius 3 is 2.30 bits per heavy atom. The number of hydrogen-bond acceptors (Lipinski definition) is 4. The SMILES string of the molecule is CCCCC(CC)CNS(=O)(=O)c1cc(OC)c(OC)cc1Br. The van der Waals surface area contributed by atoms with Crippen LogP contribution < -0.4 is 14.2 Å². The quantitative estimate of drug-likeness (QED) is 0.637. The Kier molecular flexibility index (Phi) is 8.36. The summed E-state index contributed by atoms with van der Waals surface area (Å²) < 4.78 is 38.7. The van der Waals surface area contributed by atoms with Gasteiger partial charge in [0.15, 0.2) is 11.5 Å². The van der Waals surface area contributed by atoms with Gasteiger partial charge >= 0.3 is 0 Å². The molecule has 0 saturated heterocycles. The third-order valence-corrected chi connectivity index (χ3v) is 6.21. The predicted molar refractivity (Wildman–Crippen MR) is 95.7 cm³/mol. The number of benzene rings is 1. The molecule has 0 aromatic heterocycles. The first-order valence-electron chi connectivity index (χ1n) is 7.80. The molecule has 1 aromatic rings. The molecule has 1 aromatic carbocycles. The zero-order chi connectivity index (χ0) is 17.5. The maximum atomic E-state index is 12.6. The molecule has 0 spiro atoms. The van der Waals surface area contributed by atoms with Gasteiger partial charge in [0.05, 0.1) is 14.2 Å². The number of ether oxygens (including phenoxy) is 2. The smallest absolute Gasteiger partial charge is 0.241 e. The van der Waals surface area contributed by atoms with Crippen LogP contribution in [0.15, 0.2) is 21.5 Å². The van der Waals surface area contributed by atoms with Gasteiger partial charge in [0.1, 0.15) is 4.90 Å². The lowest BCUT2D eigenvalue weighted by Gasteiger charge is -2.17. The number of unbranched alkanes of at least 4 members (excludes halogenated alkanes) is 1. The molecule has 5 nitrogen and oxygen atoms in total. The van der Waals surface area contributed by atoms with Crippen LogP contribution in [0.3, 0.4) is 0 Å². The maximum absolute atomic E-state index is 12.6. The maximum Gasteiger partial charge on any atom is 0.241 e. The first kappa shape index (κ1) is 20.3. The molecule has 0 aliphatic rings. The Balaban J connectivity index is 2.95. The van der Waals surface area contributed by atoms with Crippen LogP contribution in [0.5, 0.6) is 11.5 Å². The van der Waals surface area contributed by atoms with Crippen LogP contribution in [0, 0.1) is 5.92 Å². The van der Waals surface area contributed by atoms with E-state index in [1.54, 1.807) is 6.07 Å². The Hall–Kier alpha value is -0.790.